The largest absolute Gasteiger partial charge is 0.452 e. The number of likely N-dealkylation sites (N-methyl/N-ethyl adjacent to an activating group) is 1. The summed E-state index contributed by atoms with van der Waals surface area (Å²) in [6.45, 7) is -0.157. The molecule has 4 rings (SSSR count). The van der Waals surface area contributed by atoms with Gasteiger partial charge in [0.1, 0.15) is 12.6 Å². The van der Waals surface area contributed by atoms with Gasteiger partial charge in [-0.1, -0.05) is 42.5 Å². The minimum absolute atomic E-state index is 0.157. The SMILES string of the molecule is CN(C)C(=O)CN1C(=O)C(NC(=O)[C@@H]2CCC(=O)O2)C(c2ccccc2)Sc2ccccc21. The quantitative estimate of drug-likeness (QED) is 0.677. The van der Waals surface area contributed by atoms with E-state index < -0.39 is 35.2 Å². The van der Waals surface area contributed by atoms with Crippen LogP contribution in [0.4, 0.5) is 5.69 Å². The normalized spacial score (nSPS) is 22.2. The van der Waals surface area contributed by atoms with Crippen LogP contribution in [0.2, 0.25) is 0 Å². The Morgan fingerprint density at radius 1 is 1.09 bits per heavy atom. The first kappa shape index (κ1) is 22.8. The van der Waals surface area contributed by atoms with Gasteiger partial charge in [-0.3, -0.25) is 19.2 Å². The smallest absolute Gasteiger partial charge is 0.306 e. The fourth-order valence-corrected chi connectivity index (χ4v) is 5.18. The lowest BCUT2D eigenvalue weighted by molar-refractivity contribution is -0.148. The summed E-state index contributed by atoms with van der Waals surface area (Å²) in [6.07, 6.45) is -0.477. The number of benzene rings is 2. The van der Waals surface area contributed by atoms with Gasteiger partial charge in [-0.2, -0.15) is 0 Å². The van der Waals surface area contributed by atoms with Crippen molar-refractivity contribution >= 4 is 41.1 Å². The van der Waals surface area contributed by atoms with Crippen molar-refractivity contribution in [2.45, 2.75) is 35.1 Å². The van der Waals surface area contributed by atoms with E-state index in [0.29, 0.717) is 5.69 Å². The number of anilines is 1. The number of thioether (sulfide) groups is 1. The number of para-hydroxylation sites is 1. The highest BCUT2D eigenvalue weighted by Gasteiger charge is 2.42. The number of carbonyl (C=O) groups is 4. The summed E-state index contributed by atoms with van der Waals surface area (Å²) < 4.78 is 5.11. The molecule has 1 N–H and O–H groups in total. The Kier molecular flexibility index (Phi) is 6.69. The number of amides is 3. The Morgan fingerprint density at radius 2 is 1.79 bits per heavy atom. The van der Waals surface area contributed by atoms with E-state index in [0.717, 1.165) is 10.5 Å². The highest BCUT2D eigenvalue weighted by molar-refractivity contribution is 7.99. The minimum atomic E-state index is -0.966. The summed E-state index contributed by atoms with van der Waals surface area (Å²) in [4.78, 5) is 54.6. The summed E-state index contributed by atoms with van der Waals surface area (Å²) in [6, 6.07) is 15.9. The molecular formula is C24H25N3O5S. The maximum Gasteiger partial charge on any atom is 0.306 e. The average Bonchev–Trinajstić information content (AvgIpc) is 3.22. The van der Waals surface area contributed by atoms with Crippen LogP contribution >= 0.6 is 11.8 Å². The van der Waals surface area contributed by atoms with Crippen LogP contribution in [0.3, 0.4) is 0 Å². The van der Waals surface area contributed by atoms with Crippen LogP contribution in [0.5, 0.6) is 0 Å². The molecule has 33 heavy (non-hydrogen) atoms. The second-order valence-electron chi connectivity index (χ2n) is 8.13. The highest BCUT2D eigenvalue weighted by Crippen LogP contribution is 2.45. The van der Waals surface area contributed by atoms with Gasteiger partial charge < -0.3 is 19.9 Å². The predicted molar refractivity (Wildman–Crippen MR) is 124 cm³/mol. The zero-order chi connectivity index (χ0) is 23.5. The Balaban J connectivity index is 1.74. The van der Waals surface area contributed by atoms with Crippen LogP contribution in [0.15, 0.2) is 59.5 Å². The molecule has 9 heteroatoms. The van der Waals surface area contributed by atoms with E-state index in [9.17, 15) is 19.2 Å². The molecular weight excluding hydrogens is 442 g/mol. The van der Waals surface area contributed by atoms with Crippen molar-refractivity contribution in [3.05, 3.63) is 60.2 Å². The summed E-state index contributed by atoms with van der Waals surface area (Å²) in [5, 5.41) is 2.39. The molecule has 2 heterocycles. The summed E-state index contributed by atoms with van der Waals surface area (Å²) in [5.41, 5.74) is 1.48. The van der Waals surface area contributed by atoms with Crippen molar-refractivity contribution < 1.29 is 23.9 Å². The molecule has 172 valence electrons. The van der Waals surface area contributed by atoms with Gasteiger partial charge in [-0.15, -0.1) is 11.8 Å². The molecule has 1 saturated heterocycles. The van der Waals surface area contributed by atoms with E-state index in [-0.39, 0.29) is 25.3 Å². The topological polar surface area (TPSA) is 96.0 Å². The number of cyclic esters (lactones) is 1. The molecule has 2 aromatic carbocycles. The molecule has 2 aromatic rings. The maximum absolute atomic E-state index is 13.9. The van der Waals surface area contributed by atoms with Gasteiger partial charge in [0.25, 0.3) is 11.8 Å². The van der Waals surface area contributed by atoms with Gasteiger partial charge in [-0.05, 0) is 17.7 Å². The fraction of sp³-hybridized carbons (Fsp3) is 0.333. The molecule has 8 nitrogen and oxygen atoms in total. The third kappa shape index (κ3) is 4.88. The zero-order valence-corrected chi connectivity index (χ0v) is 19.2. The number of carbonyl (C=O) groups excluding carboxylic acids is 4. The second kappa shape index (κ2) is 9.66. The lowest BCUT2D eigenvalue weighted by Crippen LogP contribution is -2.54. The Bertz CT molecular complexity index is 1070. The molecule has 0 radical (unpaired) electrons. The van der Waals surface area contributed by atoms with Gasteiger partial charge >= 0.3 is 5.97 Å². The van der Waals surface area contributed by atoms with Crippen LogP contribution in [0, 0.1) is 0 Å². The third-order valence-corrected chi connectivity index (χ3v) is 7.04. The highest BCUT2D eigenvalue weighted by atomic mass is 32.2. The Hall–Kier alpha value is -3.33. The predicted octanol–water partition coefficient (Wildman–Crippen LogP) is 2.15. The maximum atomic E-state index is 13.9. The summed E-state index contributed by atoms with van der Waals surface area (Å²) in [7, 11) is 3.26. The van der Waals surface area contributed by atoms with Crippen LogP contribution in [0.1, 0.15) is 23.7 Å². The standard InChI is InChI=1S/C24H25N3O5S/c1-26(2)19(28)14-27-16-10-6-7-11-18(16)33-22(15-8-4-3-5-9-15)21(24(27)31)25-23(30)17-12-13-20(29)32-17/h3-11,17,21-22H,12-14H2,1-2H3,(H,25,30)/t17-,21?,22?/m0/s1. The van der Waals surface area contributed by atoms with E-state index in [2.05, 4.69) is 5.32 Å². The van der Waals surface area contributed by atoms with Crippen molar-refractivity contribution in [2.24, 2.45) is 0 Å². The number of nitrogens with zero attached hydrogens (tertiary/aromatic N) is 2. The molecule has 1 fully saturated rings. The van der Waals surface area contributed by atoms with E-state index in [1.165, 1.54) is 21.6 Å². The number of ether oxygens (including phenoxy) is 1. The van der Waals surface area contributed by atoms with E-state index in [4.69, 9.17) is 4.74 Å². The number of fused-ring (bicyclic) bond motifs is 1. The van der Waals surface area contributed by atoms with Crippen LogP contribution in [0.25, 0.3) is 0 Å². The first-order valence-electron chi connectivity index (χ1n) is 10.7. The van der Waals surface area contributed by atoms with Gasteiger partial charge in [0, 0.05) is 31.8 Å². The molecule has 0 bridgehead atoms. The van der Waals surface area contributed by atoms with Gasteiger partial charge in [0.05, 0.1) is 10.9 Å². The summed E-state index contributed by atoms with van der Waals surface area (Å²) in [5.74, 6) is -1.57. The first-order valence-corrected chi connectivity index (χ1v) is 11.5. The van der Waals surface area contributed by atoms with Crippen molar-refractivity contribution in [1.82, 2.24) is 10.2 Å². The van der Waals surface area contributed by atoms with Crippen molar-refractivity contribution in [3.8, 4) is 0 Å². The van der Waals surface area contributed by atoms with E-state index in [1.54, 1.807) is 20.2 Å². The monoisotopic (exact) mass is 467 g/mol. The van der Waals surface area contributed by atoms with E-state index in [1.807, 2.05) is 48.5 Å². The van der Waals surface area contributed by atoms with Crippen molar-refractivity contribution in [3.63, 3.8) is 0 Å². The molecule has 0 aliphatic carbocycles. The van der Waals surface area contributed by atoms with Gasteiger partial charge in [0.15, 0.2) is 6.10 Å². The summed E-state index contributed by atoms with van der Waals surface area (Å²) >= 11 is 1.46. The molecule has 3 atom stereocenters. The first-order chi connectivity index (χ1) is 15.8. The Morgan fingerprint density at radius 3 is 2.45 bits per heavy atom. The van der Waals surface area contributed by atoms with Crippen LogP contribution < -0.4 is 10.2 Å². The van der Waals surface area contributed by atoms with Crippen molar-refractivity contribution in [2.75, 3.05) is 25.5 Å². The average molecular weight is 468 g/mol. The molecule has 0 saturated carbocycles. The third-order valence-electron chi connectivity index (χ3n) is 5.64. The lowest BCUT2D eigenvalue weighted by Gasteiger charge is -2.29. The fourth-order valence-electron chi connectivity index (χ4n) is 3.84. The lowest BCUT2D eigenvalue weighted by atomic mass is 10.0. The second-order valence-corrected chi connectivity index (χ2v) is 9.32. The molecule has 3 amide bonds. The van der Waals surface area contributed by atoms with E-state index >= 15 is 0 Å². The van der Waals surface area contributed by atoms with Gasteiger partial charge in [0.2, 0.25) is 5.91 Å². The molecule has 2 unspecified atom stereocenters. The zero-order valence-electron chi connectivity index (χ0n) is 18.4. The van der Waals surface area contributed by atoms with Crippen molar-refractivity contribution in [1.29, 1.82) is 0 Å². The number of rotatable bonds is 5. The number of esters is 1. The van der Waals surface area contributed by atoms with Crippen LogP contribution in [-0.4, -0.2) is 61.4 Å². The number of hydrogen-bond acceptors (Lipinski definition) is 6. The number of hydrogen-bond donors (Lipinski definition) is 1. The van der Waals surface area contributed by atoms with Gasteiger partial charge in [-0.25, -0.2) is 0 Å². The van der Waals surface area contributed by atoms with Crippen LogP contribution in [-0.2, 0) is 23.9 Å². The molecule has 0 aromatic heterocycles. The molecule has 0 spiro atoms. The number of nitrogens with one attached hydrogen (secondary N) is 1. The Labute approximate surface area is 196 Å². The molecule has 2 aliphatic heterocycles. The minimum Gasteiger partial charge on any atom is -0.452 e. The molecule has 2 aliphatic rings.